The number of hydrogen-bond donors (Lipinski definition) is 1. The van der Waals surface area contributed by atoms with Crippen LogP contribution in [0.5, 0.6) is 5.75 Å². The highest BCUT2D eigenvalue weighted by atomic mass is 16.6. The highest BCUT2D eigenvalue weighted by Crippen LogP contribution is 2.40. The van der Waals surface area contributed by atoms with Gasteiger partial charge in [-0.15, -0.1) is 0 Å². The number of ether oxygens (including phenoxy) is 1. The SMILES string of the molecule is CCOc1cccc(C(O)=C2C(=O)C(=O)N(CCc3ccccc3)C2c2ccc([N+](=O)[O-])cc2)c1. The number of non-ortho nitro benzene ring substituents is 1. The normalized spacial score (nSPS) is 16.9. The van der Waals surface area contributed by atoms with Crippen LogP contribution >= 0.6 is 0 Å². The van der Waals surface area contributed by atoms with E-state index in [9.17, 15) is 24.8 Å². The lowest BCUT2D eigenvalue weighted by molar-refractivity contribution is -0.384. The summed E-state index contributed by atoms with van der Waals surface area (Å²) >= 11 is 0. The molecule has 1 unspecified atom stereocenters. The summed E-state index contributed by atoms with van der Waals surface area (Å²) in [6.07, 6.45) is 0.497. The van der Waals surface area contributed by atoms with E-state index in [4.69, 9.17) is 4.74 Å². The van der Waals surface area contributed by atoms with Gasteiger partial charge in [0, 0.05) is 24.2 Å². The fourth-order valence-corrected chi connectivity index (χ4v) is 4.19. The van der Waals surface area contributed by atoms with Crippen molar-refractivity contribution in [2.24, 2.45) is 0 Å². The van der Waals surface area contributed by atoms with Crippen molar-refractivity contribution < 1.29 is 24.4 Å². The average Bonchev–Trinajstić information content (AvgIpc) is 3.13. The molecule has 1 heterocycles. The monoisotopic (exact) mass is 472 g/mol. The zero-order chi connectivity index (χ0) is 24.9. The molecule has 3 aromatic rings. The molecule has 178 valence electrons. The smallest absolute Gasteiger partial charge is 0.295 e. The Morgan fingerprint density at radius 3 is 2.40 bits per heavy atom. The standard InChI is InChI=1S/C27H24N2O6/c1-2-35-22-10-6-9-20(17-22)25(30)23-24(19-11-13-21(14-12-19)29(33)34)28(27(32)26(23)31)16-15-18-7-4-3-5-8-18/h3-14,17,24,30H,2,15-16H2,1H3. The van der Waals surface area contributed by atoms with Crippen molar-refractivity contribution in [3.63, 3.8) is 0 Å². The van der Waals surface area contributed by atoms with E-state index in [0.717, 1.165) is 5.56 Å². The molecular formula is C27H24N2O6. The Balaban J connectivity index is 1.79. The number of rotatable bonds is 8. The van der Waals surface area contributed by atoms with E-state index in [0.29, 0.717) is 29.9 Å². The van der Waals surface area contributed by atoms with Crippen LogP contribution in [0.1, 0.15) is 29.7 Å². The third-order valence-electron chi connectivity index (χ3n) is 5.86. The maximum atomic E-state index is 13.2. The van der Waals surface area contributed by atoms with Crippen molar-refractivity contribution in [3.8, 4) is 5.75 Å². The number of amides is 1. The molecule has 3 aromatic carbocycles. The van der Waals surface area contributed by atoms with E-state index < -0.39 is 22.7 Å². The highest BCUT2D eigenvalue weighted by Gasteiger charge is 2.46. The number of nitro benzene ring substituents is 1. The van der Waals surface area contributed by atoms with E-state index in [-0.39, 0.29) is 23.6 Å². The lowest BCUT2D eigenvalue weighted by atomic mass is 9.95. The highest BCUT2D eigenvalue weighted by molar-refractivity contribution is 6.46. The number of carbonyl (C=O) groups is 2. The molecule has 1 atom stereocenters. The van der Waals surface area contributed by atoms with Crippen molar-refractivity contribution in [3.05, 3.63) is 111 Å². The molecule has 1 aliphatic rings. The lowest BCUT2D eigenvalue weighted by Gasteiger charge is -2.25. The van der Waals surface area contributed by atoms with Gasteiger partial charge < -0.3 is 14.7 Å². The van der Waals surface area contributed by atoms with Crippen molar-refractivity contribution in [1.82, 2.24) is 4.90 Å². The fraction of sp³-hybridized carbons (Fsp3) is 0.185. The number of likely N-dealkylation sites (tertiary alicyclic amines) is 1. The summed E-state index contributed by atoms with van der Waals surface area (Å²) < 4.78 is 5.50. The molecule has 35 heavy (non-hydrogen) atoms. The van der Waals surface area contributed by atoms with Crippen LogP contribution in [-0.4, -0.2) is 39.8 Å². The Bertz CT molecular complexity index is 1280. The molecule has 1 amide bonds. The van der Waals surface area contributed by atoms with Crippen LogP contribution in [-0.2, 0) is 16.0 Å². The molecule has 4 rings (SSSR count). The maximum Gasteiger partial charge on any atom is 0.295 e. The van der Waals surface area contributed by atoms with Crippen LogP contribution in [0.2, 0.25) is 0 Å². The number of benzene rings is 3. The van der Waals surface area contributed by atoms with Crippen LogP contribution in [0.25, 0.3) is 5.76 Å². The first-order chi connectivity index (χ1) is 16.9. The van der Waals surface area contributed by atoms with Crippen molar-refractivity contribution in [1.29, 1.82) is 0 Å². The Morgan fingerprint density at radius 2 is 1.74 bits per heavy atom. The number of aliphatic hydroxyl groups is 1. The zero-order valence-corrected chi connectivity index (χ0v) is 19.1. The van der Waals surface area contributed by atoms with Crippen molar-refractivity contribution >= 4 is 23.1 Å². The number of nitro groups is 1. The molecule has 1 fully saturated rings. The van der Waals surface area contributed by atoms with E-state index in [1.165, 1.54) is 29.2 Å². The van der Waals surface area contributed by atoms with Gasteiger partial charge in [0.05, 0.1) is 23.1 Å². The fourth-order valence-electron chi connectivity index (χ4n) is 4.19. The summed E-state index contributed by atoms with van der Waals surface area (Å²) in [7, 11) is 0. The first-order valence-corrected chi connectivity index (χ1v) is 11.2. The Morgan fingerprint density at radius 1 is 1.03 bits per heavy atom. The topological polar surface area (TPSA) is 110 Å². The van der Waals surface area contributed by atoms with E-state index in [1.807, 2.05) is 37.3 Å². The van der Waals surface area contributed by atoms with Crippen LogP contribution in [0.4, 0.5) is 5.69 Å². The maximum absolute atomic E-state index is 13.2. The molecule has 0 spiro atoms. The predicted molar refractivity (Wildman–Crippen MR) is 130 cm³/mol. The molecule has 1 aliphatic heterocycles. The predicted octanol–water partition coefficient (Wildman–Crippen LogP) is 4.66. The van der Waals surface area contributed by atoms with Gasteiger partial charge in [0.2, 0.25) is 0 Å². The summed E-state index contributed by atoms with van der Waals surface area (Å²) in [5.41, 5.74) is 1.64. The Kier molecular flexibility index (Phi) is 6.91. The first-order valence-electron chi connectivity index (χ1n) is 11.2. The number of carbonyl (C=O) groups excluding carboxylic acids is 2. The second-order valence-corrected chi connectivity index (χ2v) is 8.04. The van der Waals surface area contributed by atoms with Gasteiger partial charge in [-0.3, -0.25) is 19.7 Å². The van der Waals surface area contributed by atoms with Crippen molar-refractivity contribution in [2.75, 3.05) is 13.2 Å². The van der Waals surface area contributed by atoms with Crippen LogP contribution < -0.4 is 4.74 Å². The minimum atomic E-state index is -0.893. The molecule has 0 bridgehead atoms. The molecule has 0 aliphatic carbocycles. The quantitative estimate of drug-likeness (QED) is 0.168. The molecule has 0 saturated carbocycles. The van der Waals surface area contributed by atoms with Gasteiger partial charge in [0.1, 0.15) is 11.5 Å². The first kappa shape index (κ1) is 23.7. The average molecular weight is 472 g/mol. The Labute approximate surface area is 202 Å². The summed E-state index contributed by atoms with van der Waals surface area (Å²) in [6, 6.07) is 20.9. The van der Waals surface area contributed by atoms with Gasteiger partial charge in [0.15, 0.2) is 0 Å². The molecule has 8 heteroatoms. The number of Topliss-reactive ketones (excluding diaryl/α,β-unsaturated/α-hetero) is 1. The third-order valence-corrected chi connectivity index (χ3v) is 5.86. The Hall–Kier alpha value is -4.46. The van der Waals surface area contributed by atoms with E-state index >= 15 is 0 Å². The largest absolute Gasteiger partial charge is 0.507 e. The number of nitrogens with zero attached hydrogens (tertiary/aromatic N) is 2. The molecule has 1 saturated heterocycles. The van der Waals surface area contributed by atoms with Crippen LogP contribution in [0, 0.1) is 10.1 Å². The van der Waals surface area contributed by atoms with E-state index in [2.05, 4.69) is 0 Å². The minimum absolute atomic E-state index is 0.0643. The minimum Gasteiger partial charge on any atom is -0.507 e. The summed E-state index contributed by atoms with van der Waals surface area (Å²) in [6.45, 7) is 2.49. The second kappa shape index (κ2) is 10.2. The van der Waals surface area contributed by atoms with Crippen LogP contribution in [0.15, 0.2) is 84.4 Å². The third kappa shape index (κ3) is 4.91. The summed E-state index contributed by atoms with van der Waals surface area (Å²) in [4.78, 5) is 38.3. The van der Waals surface area contributed by atoms with Gasteiger partial charge in [-0.25, -0.2) is 0 Å². The summed E-state index contributed by atoms with van der Waals surface area (Å²) in [5, 5.41) is 22.3. The molecule has 8 nitrogen and oxygen atoms in total. The number of ketones is 1. The van der Waals surface area contributed by atoms with Crippen molar-refractivity contribution in [2.45, 2.75) is 19.4 Å². The van der Waals surface area contributed by atoms with Gasteiger partial charge >= 0.3 is 0 Å². The van der Waals surface area contributed by atoms with Gasteiger partial charge in [0.25, 0.3) is 17.4 Å². The zero-order valence-electron chi connectivity index (χ0n) is 19.1. The number of hydrogen-bond acceptors (Lipinski definition) is 6. The summed E-state index contributed by atoms with van der Waals surface area (Å²) in [5.74, 6) is -1.34. The van der Waals surface area contributed by atoms with Crippen LogP contribution in [0.3, 0.4) is 0 Å². The molecule has 1 N–H and O–H groups in total. The van der Waals surface area contributed by atoms with Gasteiger partial charge in [-0.2, -0.15) is 0 Å². The molecule has 0 radical (unpaired) electrons. The molecule has 0 aromatic heterocycles. The number of aliphatic hydroxyl groups excluding tert-OH is 1. The second-order valence-electron chi connectivity index (χ2n) is 8.04. The molecular weight excluding hydrogens is 448 g/mol. The van der Waals surface area contributed by atoms with E-state index in [1.54, 1.807) is 24.3 Å². The van der Waals surface area contributed by atoms with Gasteiger partial charge in [-0.1, -0.05) is 42.5 Å². The van der Waals surface area contributed by atoms with Gasteiger partial charge in [-0.05, 0) is 48.7 Å². The lowest BCUT2D eigenvalue weighted by Crippen LogP contribution is -2.31.